The summed E-state index contributed by atoms with van der Waals surface area (Å²) in [6.45, 7) is 7.80. The molecule has 0 saturated carbocycles. The lowest BCUT2D eigenvalue weighted by atomic mass is 9.93. The average molecular weight is 168 g/mol. The van der Waals surface area contributed by atoms with Gasteiger partial charge in [-0.2, -0.15) is 0 Å². The molecule has 1 aliphatic rings. The number of rotatable bonds is 3. The van der Waals surface area contributed by atoms with E-state index in [1.165, 1.54) is 6.42 Å². The topological polar surface area (TPSA) is 27.1 Å². The van der Waals surface area contributed by atoms with Crippen LogP contribution in [0.25, 0.3) is 0 Å². The lowest BCUT2D eigenvalue weighted by Crippen LogP contribution is -2.45. The highest BCUT2D eigenvalue weighted by Gasteiger charge is 2.32. The predicted octanol–water partition coefficient (Wildman–Crippen LogP) is 2.64. The summed E-state index contributed by atoms with van der Waals surface area (Å²) in [5.74, 6) is 0.848. The molecular formula is C10H20N2. The highest BCUT2D eigenvalue weighted by molar-refractivity contribution is 5.81. The summed E-state index contributed by atoms with van der Waals surface area (Å²) in [6, 6.07) is 0. The Morgan fingerprint density at radius 2 is 2.00 bits per heavy atom. The van der Waals surface area contributed by atoms with Crippen LogP contribution in [0, 0.1) is 5.41 Å². The van der Waals surface area contributed by atoms with E-state index in [9.17, 15) is 0 Å². The van der Waals surface area contributed by atoms with E-state index in [1.54, 1.807) is 0 Å². The van der Waals surface area contributed by atoms with Crippen molar-refractivity contribution in [2.45, 2.75) is 52.0 Å². The summed E-state index contributed by atoms with van der Waals surface area (Å²) in [7, 11) is 0. The van der Waals surface area contributed by atoms with E-state index < -0.39 is 0 Å². The van der Waals surface area contributed by atoms with E-state index in [0.717, 1.165) is 31.6 Å². The van der Waals surface area contributed by atoms with Gasteiger partial charge in [0.15, 0.2) is 0 Å². The Bertz CT molecular complexity index is 171. The Kier molecular flexibility index (Phi) is 2.76. The standard InChI is InChI=1S/C10H20N2/c1-4-10(3,5-2)12-8-6-7-9(12)11/h11H,4-8H2,1-3H3. The lowest BCUT2D eigenvalue weighted by molar-refractivity contribution is 0.191. The highest BCUT2D eigenvalue weighted by Crippen LogP contribution is 2.28. The van der Waals surface area contributed by atoms with Gasteiger partial charge in [0, 0.05) is 18.5 Å². The first-order valence-corrected chi connectivity index (χ1v) is 4.99. The number of hydrogen-bond acceptors (Lipinski definition) is 1. The van der Waals surface area contributed by atoms with Gasteiger partial charge in [0.2, 0.25) is 0 Å². The van der Waals surface area contributed by atoms with Crippen molar-refractivity contribution < 1.29 is 0 Å². The Hall–Kier alpha value is -0.530. The molecule has 1 fully saturated rings. The third kappa shape index (κ3) is 1.47. The molecule has 0 radical (unpaired) electrons. The van der Waals surface area contributed by atoms with Crippen molar-refractivity contribution in [3.05, 3.63) is 0 Å². The first-order valence-electron chi connectivity index (χ1n) is 4.99. The van der Waals surface area contributed by atoms with Crippen LogP contribution in [0.15, 0.2) is 0 Å². The lowest BCUT2D eigenvalue weighted by Gasteiger charge is -2.39. The molecule has 2 nitrogen and oxygen atoms in total. The Morgan fingerprint density at radius 3 is 2.33 bits per heavy atom. The van der Waals surface area contributed by atoms with E-state index in [4.69, 9.17) is 5.41 Å². The van der Waals surface area contributed by atoms with Gasteiger partial charge in [-0.25, -0.2) is 0 Å². The van der Waals surface area contributed by atoms with Gasteiger partial charge in [-0.05, 0) is 26.2 Å². The highest BCUT2D eigenvalue weighted by atomic mass is 15.2. The van der Waals surface area contributed by atoms with Gasteiger partial charge in [0.05, 0.1) is 5.84 Å². The molecular weight excluding hydrogens is 148 g/mol. The molecule has 0 aromatic rings. The Balaban J connectivity index is 2.71. The molecule has 0 aromatic heterocycles. The van der Waals surface area contributed by atoms with Crippen LogP contribution in [0.5, 0.6) is 0 Å². The van der Waals surface area contributed by atoms with Crippen LogP contribution in [0.4, 0.5) is 0 Å². The summed E-state index contributed by atoms with van der Waals surface area (Å²) in [5, 5.41) is 7.79. The molecule has 1 aliphatic heterocycles. The largest absolute Gasteiger partial charge is 0.355 e. The van der Waals surface area contributed by atoms with Gasteiger partial charge in [-0.3, -0.25) is 5.41 Å². The fourth-order valence-corrected chi connectivity index (χ4v) is 1.90. The van der Waals surface area contributed by atoms with Crippen molar-refractivity contribution in [1.82, 2.24) is 4.90 Å². The summed E-state index contributed by atoms with van der Waals surface area (Å²) in [4.78, 5) is 2.28. The molecule has 0 aromatic carbocycles. The molecule has 0 unspecified atom stereocenters. The van der Waals surface area contributed by atoms with Gasteiger partial charge in [0.25, 0.3) is 0 Å². The van der Waals surface area contributed by atoms with Crippen LogP contribution >= 0.6 is 0 Å². The van der Waals surface area contributed by atoms with Crippen molar-refractivity contribution in [2.75, 3.05) is 6.54 Å². The minimum Gasteiger partial charge on any atom is -0.355 e. The maximum atomic E-state index is 7.79. The fraction of sp³-hybridized carbons (Fsp3) is 0.900. The Labute approximate surface area is 75.5 Å². The SMILES string of the molecule is CCC(C)(CC)N1CCCC1=N. The second-order valence-electron chi connectivity index (χ2n) is 3.91. The van der Waals surface area contributed by atoms with Crippen molar-refractivity contribution in [3.8, 4) is 0 Å². The van der Waals surface area contributed by atoms with Gasteiger partial charge in [0.1, 0.15) is 0 Å². The molecule has 12 heavy (non-hydrogen) atoms. The molecule has 1 saturated heterocycles. The van der Waals surface area contributed by atoms with E-state index in [0.29, 0.717) is 0 Å². The van der Waals surface area contributed by atoms with Gasteiger partial charge in [-0.15, -0.1) is 0 Å². The van der Waals surface area contributed by atoms with Crippen molar-refractivity contribution in [3.63, 3.8) is 0 Å². The zero-order valence-corrected chi connectivity index (χ0v) is 8.48. The van der Waals surface area contributed by atoms with E-state index >= 15 is 0 Å². The molecule has 0 bridgehead atoms. The molecule has 0 aliphatic carbocycles. The summed E-state index contributed by atoms with van der Waals surface area (Å²) in [6.07, 6.45) is 4.45. The zero-order chi connectivity index (χ0) is 9.19. The van der Waals surface area contributed by atoms with Gasteiger partial charge < -0.3 is 4.90 Å². The maximum Gasteiger partial charge on any atom is 0.0962 e. The van der Waals surface area contributed by atoms with Crippen LogP contribution in [0.3, 0.4) is 0 Å². The number of nitrogens with zero attached hydrogens (tertiary/aromatic N) is 1. The molecule has 1 heterocycles. The maximum absolute atomic E-state index is 7.79. The van der Waals surface area contributed by atoms with Crippen LogP contribution in [-0.2, 0) is 0 Å². The third-order valence-electron chi connectivity index (χ3n) is 3.30. The van der Waals surface area contributed by atoms with E-state index in [2.05, 4.69) is 25.7 Å². The fourth-order valence-electron chi connectivity index (χ4n) is 1.90. The van der Waals surface area contributed by atoms with Crippen LogP contribution in [0.2, 0.25) is 0 Å². The zero-order valence-electron chi connectivity index (χ0n) is 8.48. The summed E-state index contributed by atoms with van der Waals surface area (Å²) >= 11 is 0. The van der Waals surface area contributed by atoms with Crippen LogP contribution in [-0.4, -0.2) is 22.8 Å². The Morgan fingerprint density at radius 1 is 1.42 bits per heavy atom. The quantitative estimate of drug-likeness (QED) is 0.689. The molecule has 0 spiro atoms. The first-order chi connectivity index (χ1) is 5.64. The van der Waals surface area contributed by atoms with Crippen molar-refractivity contribution >= 4 is 5.84 Å². The normalized spacial score (nSPS) is 18.9. The third-order valence-corrected chi connectivity index (χ3v) is 3.30. The smallest absolute Gasteiger partial charge is 0.0962 e. The van der Waals surface area contributed by atoms with Crippen LogP contribution in [0.1, 0.15) is 46.5 Å². The molecule has 1 rings (SSSR count). The first kappa shape index (κ1) is 9.56. The molecule has 0 atom stereocenters. The molecule has 1 N–H and O–H groups in total. The van der Waals surface area contributed by atoms with Gasteiger partial charge >= 0.3 is 0 Å². The second kappa shape index (κ2) is 3.46. The van der Waals surface area contributed by atoms with Crippen molar-refractivity contribution in [2.24, 2.45) is 0 Å². The van der Waals surface area contributed by atoms with Crippen molar-refractivity contribution in [1.29, 1.82) is 5.41 Å². The molecule has 0 amide bonds. The van der Waals surface area contributed by atoms with E-state index in [-0.39, 0.29) is 5.54 Å². The number of hydrogen-bond donors (Lipinski definition) is 1. The van der Waals surface area contributed by atoms with Gasteiger partial charge in [-0.1, -0.05) is 13.8 Å². The molecule has 70 valence electrons. The number of likely N-dealkylation sites (tertiary alicyclic amines) is 1. The summed E-state index contributed by atoms with van der Waals surface area (Å²) < 4.78 is 0. The van der Waals surface area contributed by atoms with E-state index in [1.807, 2.05) is 0 Å². The summed E-state index contributed by atoms with van der Waals surface area (Å²) in [5.41, 5.74) is 0.244. The predicted molar refractivity (Wildman–Crippen MR) is 52.7 cm³/mol. The second-order valence-corrected chi connectivity index (χ2v) is 3.91. The minimum absolute atomic E-state index is 0.244. The molecule has 2 heteroatoms. The minimum atomic E-state index is 0.244. The number of nitrogens with one attached hydrogen (secondary N) is 1. The average Bonchev–Trinajstić information content (AvgIpc) is 2.51. The monoisotopic (exact) mass is 168 g/mol. The number of amidine groups is 1. The van der Waals surface area contributed by atoms with Crippen LogP contribution < -0.4 is 0 Å².